The number of para-hydroxylation sites is 2. The summed E-state index contributed by atoms with van der Waals surface area (Å²) in [7, 11) is 0. The minimum atomic E-state index is -0.168. The van der Waals surface area contributed by atoms with Gasteiger partial charge in [0.25, 0.3) is 0 Å². The van der Waals surface area contributed by atoms with Crippen LogP contribution >= 0.6 is 11.6 Å². The Balaban J connectivity index is 1.63. The Kier molecular flexibility index (Phi) is 3.56. The molecule has 4 nitrogen and oxygen atoms in total. The third-order valence-electron chi connectivity index (χ3n) is 2.95. The van der Waals surface area contributed by atoms with Crippen molar-refractivity contribution < 1.29 is 14.2 Å². The van der Waals surface area contributed by atoms with Gasteiger partial charge >= 0.3 is 0 Å². The van der Waals surface area contributed by atoms with Crippen molar-refractivity contribution in [3.8, 4) is 17.2 Å². The first-order valence-electron chi connectivity index (χ1n) is 6.28. The van der Waals surface area contributed by atoms with Crippen molar-refractivity contribution in [1.82, 2.24) is 0 Å². The number of nitrogens with two attached hydrogens (primary N) is 1. The fourth-order valence-corrected chi connectivity index (χ4v) is 2.21. The number of hydrogen-bond donors (Lipinski definition) is 1. The van der Waals surface area contributed by atoms with E-state index in [1.807, 2.05) is 24.3 Å². The SMILES string of the molecule is Nc1ccc(OCC2COc3ccccc3O2)c(Cl)c1. The summed E-state index contributed by atoms with van der Waals surface area (Å²) in [5, 5.41) is 0.488. The van der Waals surface area contributed by atoms with Crippen LogP contribution in [0.25, 0.3) is 0 Å². The van der Waals surface area contributed by atoms with Crippen molar-refractivity contribution in [3.63, 3.8) is 0 Å². The van der Waals surface area contributed by atoms with Gasteiger partial charge in [0.1, 0.15) is 19.0 Å². The number of ether oxygens (including phenoxy) is 3. The number of anilines is 1. The summed E-state index contributed by atoms with van der Waals surface area (Å²) in [5.41, 5.74) is 6.24. The molecule has 0 fully saturated rings. The maximum atomic E-state index is 6.05. The van der Waals surface area contributed by atoms with Gasteiger partial charge in [0, 0.05) is 5.69 Å². The van der Waals surface area contributed by atoms with Crippen molar-refractivity contribution in [1.29, 1.82) is 0 Å². The van der Waals surface area contributed by atoms with E-state index >= 15 is 0 Å². The minimum Gasteiger partial charge on any atom is -0.488 e. The van der Waals surface area contributed by atoms with Crippen LogP contribution in [0, 0.1) is 0 Å². The number of benzene rings is 2. The van der Waals surface area contributed by atoms with Gasteiger partial charge in [-0.25, -0.2) is 0 Å². The van der Waals surface area contributed by atoms with Crippen molar-refractivity contribution >= 4 is 17.3 Å². The molecule has 0 saturated heterocycles. The average Bonchev–Trinajstić information content (AvgIpc) is 2.46. The number of nitrogen functional groups attached to an aromatic ring is 1. The van der Waals surface area contributed by atoms with E-state index in [2.05, 4.69) is 0 Å². The van der Waals surface area contributed by atoms with Gasteiger partial charge in [0.2, 0.25) is 0 Å². The van der Waals surface area contributed by atoms with Crippen LogP contribution in [0.2, 0.25) is 5.02 Å². The van der Waals surface area contributed by atoms with Gasteiger partial charge in [-0.3, -0.25) is 0 Å². The summed E-state index contributed by atoms with van der Waals surface area (Å²) in [5.74, 6) is 2.08. The zero-order valence-electron chi connectivity index (χ0n) is 10.7. The van der Waals surface area contributed by atoms with Gasteiger partial charge in [-0.2, -0.15) is 0 Å². The highest BCUT2D eigenvalue weighted by Crippen LogP contribution is 2.31. The van der Waals surface area contributed by atoms with E-state index in [0.29, 0.717) is 29.7 Å². The first-order valence-corrected chi connectivity index (χ1v) is 6.66. The molecule has 1 unspecified atom stereocenters. The Bertz CT molecular complexity index is 618. The van der Waals surface area contributed by atoms with Crippen LogP contribution < -0.4 is 19.9 Å². The second-order valence-electron chi connectivity index (χ2n) is 4.50. The third kappa shape index (κ3) is 2.75. The Morgan fingerprint density at radius 3 is 2.80 bits per heavy atom. The second-order valence-corrected chi connectivity index (χ2v) is 4.91. The Morgan fingerprint density at radius 1 is 1.20 bits per heavy atom. The first kappa shape index (κ1) is 12.9. The molecule has 2 aromatic carbocycles. The van der Waals surface area contributed by atoms with Gasteiger partial charge in [-0.05, 0) is 30.3 Å². The molecule has 5 heteroatoms. The smallest absolute Gasteiger partial charge is 0.166 e. The van der Waals surface area contributed by atoms with Crippen LogP contribution in [0.4, 0.5) is 5.69 Å². The molecule has 1 heterocycles. The van der Waals surface area contributed by atoms with Crippen LogP contribution in [0.15, 0.2) is 42.5 Å². The van der Waals surface area contributed by atoms with Gasteiger partial charge in [-0.1, -0.05) is 23.7 Å². The van der Waals surface area contributed by atoms with Crippen LogP contribution in [-0.4, -0.2) is 19.3 Å². The molecule has 0 bridgehead atoms. The molecule has 0 saturated carbocycles. The molecule has 2 aromatic rings. The number of fused-ring (bicyclic) bond motifs is 1. The number of rotatable bonds is 3. The van der Waals surface area contributed by atoms with Crippen molar-refractivity contribution in [3.05, 3.63) is 47.5 Å². The van der Waals surface area contributed by atoms with E-state index < -0.39 is 0 Å². The highest BCUT2D eigenvalue weighted by molar-refractivity contribution is 6.32. The number of hydrogen-bond acceptors (Lipinski definition) is 4. The Labute approximate surface area is 122 Å². The average molecular weight is 292 g/mol. The fraction of sp³-hybridized carbons (Fsp3) is 0.200. The Hall–Kier alpha value is -2.07. The van der Waals surface area contributed by atoms with Crippen molar-refractivity contribution in [2.45, 2.75) is 6.10 Å². The molecule has 0 aromatic heterocycles. The lowest BCUT2D eigenvalue weighted by atomic mass is 10.2. The maximum Gasteiger partial charge on any atom is 0.166 e. The zero-order chi connectivity index (χ0) is 13.9. The lowest BCUT2D eigenvalue weighted by molar-refractivity contribution is 0.0536. The third-order valence-corrected chi connectivity index (χ3v) is 3.24. The molecule has 2 N–H and O–H groups in total. The quantitative estimate of drug-likeness (QED) is 0.883. The van der Waals surface area contributed by atoms with Crippen LogP contribution in [0.1, 0.15) is 0 Å². The van der Waals surface area contributed by atoms with Crippen LogP contribution in [-0.2, 0) is 0 Å². The van der Waals surface area contributed by atoms with E-state index in [1.165, 1.54) is 0 Å². The van der Waals surface area contributed by atoms with Crippen molar-refractivity contribution in [2.75, 3.05) is 18.9 Å². The molecule has 104 valence electrons. The molecule has 0 aliphatic carbocycles. The molecule has 0 spiro atoms. The molecule has 0 amide bonds. The van der Waals surface area contributed by atoms with Crippen molar-refractivity contribution in [2.24, 2.45) is 0 Å². The van der Waals surface area contributed by atoms with E-state index in [9.17, 15) is 0 Å². The summed E-state index contributed by atoms with van der Waals surface area (Å²) in [4.78, 5) is 0. The van der Waals surface area contributed by atoms with E-state index in [-0.39, 0.29) is 6.10 Å². The summed E-state index contributed by atoms with van der Waals surface area (Å²) < 4.78 is 17.1. The summed E-state index contributed by atoms with van der Waals surface area (Å²) in [6.45, 7) is 0.807. The van der Waals surface area contributed by atoms with E-state index in [0.717, 1.165) is 11.5 Å². The van der Waals surface area contributed by atoms with Gasteiger partial charge in [0.05, 0.1) is 5.02 Å². The minimum absolute atomic E-state index is 0.168. The highest BCUT2D eigenvalue weighted by Gasteiger charge is 2.21. The predicted molar refractivity (Wildman–Crippen MR) is 77.7 cm³/mol. The molecule has 1 aliphatic rings. The maximum absolute atomic E-state index is 6.05. The lowest BCUT2D eigenvalue weighted by Gasteiger charge is -2.26. The molecule has 1 atom stereocenters. The molecule has 3 rings (SSSR count). The van der Waals surface area contributed by atoms with E-state index in [1.54, 1.807) is 18.2 Å². The first-order chi connectivity index (χ1) is 9.72. The van der Waals surface area contributed by atoms with Gasteiger partial charge in [-0.15, -0.1) is 0 Å². The fourth-order valence-electron chi connectivity index (χ4n) is 1.96. The highest BCUT2D eigenvalue weighted by atomic mass is 35.5. The standard InChI is InChI=1S/C15H14ClNO3/c16-12-7-10(17)5-6-13(12)18-8-11-9-19-14-3-1-2-4-15(14)20-11/h1-7,11H,8-9,17H2. The topological polar surface area (TPSA) is 53.7 Å². The second kappa shape index (κ2) is 5.51. The van der Waals surface area contributed by atoms with Gasteiger partial charge < -0.3 is 19.9 Å². The lowest BCUT2D eigenvalue weighted by Crippen LogP contribution is -2.34. The number of halogens is 1. The Morgan fingerprint density at radius 2 is 2.00 bits per heavy atom. The molecular formula is C15H14ClNO3. The predicted octanol–water partition coefficient (Wildman–Crippen LogP) is 3.14. The molecular weight excluding hydrogens is 278 g/mol. The largest absolute Gasteiger partial charge is 0.488 e. The molecule has 20 heavy (non-hydrogen) atoms. The summed E-state index contributed by atoms with van der Waals surface area (Å²) in [6, 6.07) is 12.7. The zero-order valence-corrected chi connectivity index (χ0v) is 11.5. The van der Waals surface area contributed by atoms with Crippen LogP contribution in [0.3, 0.4) is 0 Å². The normalized spacial score (nSPS) is 16.8. The molecule has 0 radical (unpaired) electrons. The summed E-state index contributed by atoms with van der Waals surface area (Å²) in [6.07, 6.45) is -0.168. The van der Waals surface area contributed by atoms with Gasteiger partial charge in [0.15, 0.2) is 17.6 Å². The summed E-state index contributed by atoms with van der Waals surface area (Å²) >= 11 is 6.05. The van der Waals surface area contributed by atoms with E-state index in [4.69, 9.17) is 31.5 Å². The van der Waals surface area contributed by atoms with Crippen LogP contribution in [0.5, 0.6) is 17.2 Å². The molecule has 1 aliphatic heterocycles. The monoisotopic (exact) mass is 291 g/mol.